The van der Waals surface area contributed by atoms with Crippen LogP contribution in [-0.4, -0.2) is 72.2 Å². The summed E-state index contributed by atoms with van der Waals surface area (Å²) >= 11 is 0. The van der Waals surface area contributed by atoms with Crippen LogP contribution in [0.5, 0.6) is 0 Å². The summed E-state index contributed by atoms with van der Waals surface area (Å²) in [7, 11) is 0. The van der Waals surface area contributed by atoms with Gasteiger partial charge in [0.25, 0.3) is 0 Å². The van der Waals surface area contributed by atoms with E-state index in [1.165, 1.54) is 0 Å². The summed E-state index contributed by atoms with van der Waals surface area (Å²) in [6, 6.07) is 0. The lowest BCUT2D eigenvalue weighted by molar-refractivity contribution is -0.140. The minimum Gasteiger partial charge on any atom is -0.481 e. The molecule has 2 aliphatic heterocycles. The minimum absolute atomic E-state index is 0.0358. The third-order valence-electron chi connectivity index (χ3n) is 3.98. The molecule has 6 heteroatoms. The van der Waals surface area contributed by atoms with Gasteiger partial charge in [-0.15, -0.1) is 0 Å². The number of carboxylic acids is 1. The lowest BCUT2D eigenvalue weighted by atomic mass is 10.2. The molecule has 2 aliphatic rings. The molecule has 1 amide bonds. The third kappa shape index (κ3) is 4.76. The number of carbonyl (C=O) groups is 2. The van der Waals surface area contributed by atoms with Crippen LogP contribution < -0.4 is 0 Å². The van der Waals surface area contributed by atoms with Crippen LogP contribution in [0.2, 0.25) is 0 Å². The number of amides is 1. The monoisotopic (exact) mass is 284 g/mol. The Morgan fingerprint density at radius 2 is 1.95 bits per heavy atom. The molecule has 0 aromatic rings. The Kier molecular flexibility index (Phi) is 5.79. The van der Waals surface area contributed by atoms with E-state index in [1.54, 1.807) is 4.90 Å². The fourth-order valence-electron chi connectivity index (χ4n) is 2.85. The fraction of sp³-hybridized carbons (Fsp3) is 0.857. The highest BCUT2D eigenvalue weighted by Gasteiger charge is 2.23. The molecule has 0 bridgehead atoms. The fourth-order valence-corrected chi connectivity index (χ4v) is 2.85. The molecule has 0 aliphatic carbocycles. The number of carboxylic acid groups (broad SMARTS) is 1. The van der Waals surface area contributed by atoms with Crippen LogP contribution in [-0.2, 0) is 14.3 Å². The van der Waals surface area contributed by atoms with E-state index < -0.39 is 5.97 Å². The van der Waals surface area contributed by atoms with Crippen LogP contribution in [0.4, 0.5) is 0 Å². The molecule has 2 heterocycles. The lowest BCUT2D eigenvalue weighted by Gasteiger charge is -2.24. The summed E-state index contributed by atoms with van der Waals surface area (Å²) in [5.41, 5.74) is 0. The molecule has 0 aromatic heterocycles. The van der Waals surface area contributed by atoms with E-state index >= 15 is 0 Å². The summed E-state index contributed by atoms with van der Waals surface area (Å²) < 4.78 is 5.65. The van der Waals surface area contributed by atoms with Crippen molar-refractivity contribution in [3.05, 3.63) is 0 Å². The molecule has 2 rings (SSSR count). The molecule has 0 aromatic carbocycles. The first kappa shape index (κ1) is 15.3. The highest BCUT2D eigenvalue weighted by molar-refractivity contribution is 5.80. The number of ether oxygens (including phenoxy) is 1. The van der Waals surface area contributed by atoms with Crippen molar-refractivity contribution in [3.63, 3.8) is 0 Å². The number of hydrogen-bond donors (Lipinski definition) is 1. The van der Waals surface area contributed by atoms with Gasteiger partial charge in [-0.05, 0) is 25.8 Å². The Hall–Kier alpha value is -1.14. The third-order valence-corrected chi connectivity index (χ3v) is 3.98. The first-order valence-corrected chi connectivity index (χ1v) is 7.48. The highest BCUT2D eigenvalue weighted by Crippen LogP contribution is 2.15. The first-order chi connectivity index (χ1) is 9.65. The van der Waals surface area contributed by atoms with Crippen molar-refractivity contribution in [3.8, 4) is 0 Å². The van der Waals surface area contributed by atoms with Gasteiger partial charge >= 0.3 is 5.97 Å². The van der Waals surface area contributed by atoms with E-state index in [0.29, 0.717) is 12.6 Å². The van der Waals surface area contributed by atoms with Crippen molar-refractivity contribution in [2.24, 2.45) is 0 Å². The first-order valence-electron chi connectivity index (χ1n) is 7.48. The number of hydrogen-bond acceptors (Lipinski definition) is 4. The second kappa shape index (κ2) is 7.59. The molecule has 114 valence electrons. The zero-order valence-corrected chi connectivity index (χ0v) is 11.9. The average Bonchev–Trinajstić information content (AvgIpc) is 2.81. The van der Waals surface area contributed by atoms with Gasteiger partial charge in [0.05, 0.1) is 12.5 Å². The highest BCUT2D eigenvalue weighted by atomic mass is 16.5. The van der Waals surface area contributed by atoms with Gasteiger partial charge in [0.2, 0.25) is 5.91 Å². The summed E-state index contributed by atoms with van der Waals surface area (Å²) in [6.45, 7) is 5.11. The van der Waals surface area contributed by atoms with Crippen LogP contribution in [0.15, 0.2) is 0 Å². The van der Waals surface area contributed by atoms with Crippen molar-refractivity contribution < 1.29 is 19.4 Å². The smallest absolute Gasteiger partial charge is 0.303 e. The lowest BCUT2D eigenvalue weighted by Crippen LogP contribution is -2.37. The van der Waals surface area contributed by atoms with Crippen molar-refractivity contribution in [2.45, 2.75) is 38.2 Å². The van der Waals surface area contributed by atoms with Gasteiger partial charge in [0.15, 0.2) is 0 Å². The topological polar surface area (TPSA) is 70.1 Å². The van der Waals surface area contributed by atoms with E-state index in [2.05, 4.69) is 4.90 Å². The second-order valence-corrected chi connectivity index (χ2v) is 5.56. The van der Waals surface area contributed by atoms with Gasteiger partial charge in [-0.25, -0.2) is 0 Å². The normalized spacial score (nSPS) is 24.6. The Balaban J connectivity index is 1.73. The molecule has 0 radical (unpaired) electrons. The van der Waals surface area contributed by atoms with Gasteiger partial charge in [-0.2, -0.15) is 0 Å². The quantitative estimate of drug-likeness (QED) is 0.799. The van der Waals surface area contributed by atoms with Crippen LogP contribution in [0.1, 0.15) is 32.1 Å². The summed E-state index contributed by atoms with van der Waals surface area (Å²) in [5.74, 6) is -0.945. The van der Waals surface area contributed by atoms with Crippen LogP contribution in [0, 0.1) is 0 Å². The van der Waals surface area contributed by atoms with E-state index in [0.717, 1.165) is 52.0 Å². The summed E-state index contributed by atoms with van der Waals surface area (Å²) in [5, 5.41) is 8.62. The van der Waals surface area contributed by atoms with Gasteiger partial charge in [0, 0.05) is 39.2 Å². The van der Waals surface area contributed by atoms with Gasteiger partial charge < -0.3 is 14.7 Å². The van der Waals surface area contributed by atoms with Crippen LogP contribution >= 0.6 is 0 Å². The standard InChI is InChI=1S/C14H24N2O4/c17-13(4-5-14(18)19)16-7-2-6-15(8-9-16)11-12-3-1-10-20-12/h12H,1-11H2,(H,18,19). The molecule has 1 atom stereocenters. The molecule has 20 heavy (non-hydrogen) atoms. The van der Waals surface area contributed by atoms with E-state index in [1.807, 2.05) is 0 Å². The molecular weight excluding hydrogens is 260 g/mol. The Bertz CT molecular complexity index is 342. The van der Waals surface area contributed by atoms with Crippen molar-refractivity contribution in [1.82, 2.24) is 9.80 Å². The maximum atomic E-state index is 11.9. The predicted octanol–water partition coefficient (Wildman–Crippen LogP) is 0.564. The average molecular weight is 284 g/mol. The largest absolute Gasteiger partial charge is 0.481 e. The predicted molar refractivity (Wildman–Crippen MR) is 73.5 cm³/mol. The number of carbonyl (C=O) groups excluding carboxylic acids is 1. The Labute approximate surface area is 119 Å². The maximum Gasteiger partial charge on any atom is 0.303 e. The van der Waals surface area contributed by atoms with E-state index in [9.17, 15) is 9.59 Å². The van der Waals surface area contributed by atoms with Gasteiger partial charge in [-0.3, -0.25) is 14.5 Å². The summed E-state index contributed by atoms with van der Waals surface area (Å²) in [4.78, 5) is 26.6. The van der Waals surface area contributed by atoms with E-state index in [-0.39, 0.29) is 18.7 Å². The molecule has 2 fully saturated rings. The van der Waals surface area contributed by atoms with Crippen LogP contribution in [0.25, 0.3) is 0 Å². The van der Waals surface area contributed by atoms with Crippen molar-refractivity contribution >= 4 is 11.9 Å². The Morgan fingerprint density at radius 3 is 2.65 bits per heavy atom. The van der Waals surface area contributed by atoms with Crippen LogP contribution in [0.3, 0.4) is 0 Å². The van der Waals surface area contributed by atoms with Gasteiger partial charge in [-0.1, -0.05) is 0 Å². The SMILES string of the molecule is O=C(O)CCC(=O)N1CCCN(CC2CCCO2)CC1. The molecule has 1 N–H and O–H groups in total. The van der Waals surface area contributed by atoms with Crippen molar-refractivity contribution in [1.29, 1.82) is 0 Å². The molecule has 6 nitrogen and oxygen atoms in total. The maximum absolute atomic E-state index is 11.9. The zero-order chi connectivity index (χ0) is 14.4. The number of rotatable bonds is 5. The molecule has 0 saturated carbocycles. The summed E-state index contributed by atoms with van der Waals surface area (Å²) in [6.07, 6.45) is 3.63. The molecule has 1 unspecified atom stereocenters. The minimum atomic E-state index is -0.909. The number of aliphatic carboxylic acids is 1. The van der Waals surface area contributed by atoms with Gasteiger partial charge in [0.1, 0.15) is 0 Å². The van der Waals surface area contributed by atoms with E-state index in [4.69, 9.17) is 9.84 Å². The molecule has 0 spiro atoms. The van der Waals surface area contributed by atoms with Crippen molar-refractivity contribution in [2.75, 3.05) is 39.3 Å². The second-order valence-electron chi connectivity index (χ2n) is 5.56. The Morgan fingerprint density at radius 1 is 1.10 bits per heavy atom. The number of nitrogens with zero attached hydrogens (tertiary/aromatic N) is 2. The molecule has 2 saturated heterocycles. The zero-order valence-electron chi connectivity index (χ0n) is 11.9. The molecular formula is C14H24N2O4.